The van der Waals surface area contributed by atoms with Crippen LogP contribution >= 0.6 is 0 Å². The molecule has 2 rings (SSSR count). The molecule has 1 saturated heterocycles. The van der Waals surface area contributed by atoms with Gasteiger partial charge in [-0.2, -0.15) is 5.10 Å². The van der Waals surface area contributed by atoms with Crippen LogP contribution in [-0.4, -0.2) is 22.5 Å². The molecule has 4 heteroatoms. The molecule has 0 bridgehead atoms. The molecule has 0 radical (unpaired) electrons. The third kappa shape index (κ3) is 2.98. The molecule has 90 valence electrons. The second-order valence-electron chi connectivity index (χ2n) is 4.63. The third-order valence-corrected chi connectivity index (χ3v) is 3.40. The zero-order valence-electron chi connectivity index (χ0n) is 9.93. The Hall–Kier alpha value is -1.03. The maximum absolute atomic E-state index is 5.85. The van der Waals surface area contributed by atoms with Crippen LogP contribution in [0.2, 0.25) is 0 Å². The Bertz CT molecular complexity index is 324. The van der Waals surface area contributed by atoms with Crippen LogP contribution in [0.5, 0.6) is 0 Å². The summed E-state index contributed by atoms with van der Waals surface area (Å²) in [5.74, 6) is 0.840. The van der Waals surface area contributed by atoms with Crippen LogP contribution in [-0.2, 0) is 11.3 Å². The van der Waals surface area contributed by atoms with Crippen molar-refractivity contribution in [1.82, 2.24) is 9.78 Å². The summed E-state index contributed by atoms with van der Waals surface area (Å²) in [5, 5.41) is 4.19. The number of ether oxygens (including phenoxy) is 1. The molecule has 1 aromatic heterocycles. The fourth-order valence-corrected chi connectivity index (χ4v) is 2.29. The molecule has 1 fully saturated rings. The fraction of sp³-hybridized carbons (Fsp3) is 0.750. The van der Waals surface area contributed by atoms with Gasteiger partial charge < -0.3 is 10.5 Å². The summed E-state index contributed by atoms with van der Waals surface area (Å²) in [4.78, 5) is 0. The van der Waals surface area contributed by atoms with Gasteiger partial charge in [0.25, 0.3) is 0 Å². The molecule has 2 atom stereocenters. The maximum atomic E-state index is 5.85. The first-order valence-corrected chi connectivity index (χ1v) is 6.17. The summed E-state index contributed by atoms with van der Waals surface area (Å²) >= 11 is 0. The van der Waals surface area contributed by atoms with Gasteiger partial charge in [0.15, 0.2) is 0 Å². The van der Waals surface area contributed by atoms with Gasteiger partial charge >= 0.3 is 0 Å². The highest BCUT2D eigenvalue weighted by Gasteiger charge is 2.18. The lowest BCUT2D eigenvalue weighted by Crippen LogP contribution is -2.19. The van der Waals surface area contributed by atoms with Gasteiger partial charge in [0.1, 0.15) is 0 Å². The molecule has 0 saturated carbocycles. The Morgan fingerprint density at radius 1 is 1.50 bits per heavy atom. The van der Waals surface area contributed by atoms with Gasteiger partial charge in [-0.05, 0) is 25.2 Å². The molecule has 16 heavy (non-hydrogen) atoms. The van der Waals surface area contributed by atoms with Crippen LogP contribution < -0.4 is 5.73 Å². The molecule has 2 heterocycles. The summed E-state index contributed by atoms with van der Waals surface area (Å²) in [7, 11) is 0. The van der Waals surface area contributed by atoms with Crippen molar-refractivity contribution in [2.45, 2.75) is 45.3 Å². The van der Waals surface area contributed by atoms with Crippen molar-refractivity contribution >= 4 is 5.69 Å². The van der Waals surface area contributed by atoms with E-state index in [0.29, 0.717) is 6.10 Å². The van der Waals surface area contributed by atoms with Crippen molar-refractivity contribution in [2.24, 2.45) is 5.92 Å². The molecular formula is C12H21N3O. The molecule has 0 spiro atoms. The smallest absolute Gasteiger partial charge is 0.0771 e. The molecule has 0 aliphatic carbocycles. The minimum atomic E-state index is 0.302. The van der Waals surface area contributed by atoms with Gasteiger partial charge in [-0.15, -0.1) is 0 Å². The molecule has 1 unspecified atom stereocenters. The van der Waals surface area contributed by atoms with E-state index in [1.54, 1.807) is 6.20 Å². The van der Waals surface area contributed by atoms with Gasteiger partial charge in [-0.3, -0.25) is 4.68 Å². The molecule has 4 nitrogen and oxygen atoms in total. The van der Waals surface area contributed by atoms with Gasteiger partial charge in [-0.25, -0.2) is 0 Å². The number of nitrogen functional groups attached to an aromatic ring is 1. The number of rotatable bonds is 3. The predicted molar refractivity (Wildman–Crippen MR) is 64.0 cm³/mol. The molecule has 2 N–H and O–H groups in total. The highest BCUT2D eigenvalue weighted by Crippen LogP contribution is 2.22. The first-order chi connectivity index (χ1) is 7.78. The lowest BCUT2D eigenvalue weighted by atomic mass is 9.97. The Morgan fingerprint density at radius 3 is 3.06 bits per heavy atom. The third-order valence-electron chi connectivity index (χ3n) is 3.40. The standard InChI is InChI=1S/C12H21N3O/c1-2-10-3-4-12(16-6-5-10)9-15-8-11(13)7-14-15/h7-8,10,12H,2-6,9,13H2,1H3/t10?,12-/m0/s1. The van der Waals surface area contributed by atoms with Gasteiger partial charge in [0, 0.05) is 12.8 Å². The lowest BCUT2D eigenvalue weighted by molar-refractivity contribution is 0.0436. The average Bonchev–Trinajstić information content (AvgIpc) is 2.55. The molecule has 0 amide bonds. The largest absolute Gasteiger partial charge is 0.396 e. The van der Waals surface area contributed by atoms with E-state index < -0.39 is 0 Å². The van der Waals surface area contributed by atoms with Gasteiger partial charge in [-0.1, -0.05) is 13.3 Å². The van der Waals surface area contributed by atoms with Gasteiger partial charge in [0.2, 0.25) is 0 Å². The Kier molecular flexibility index (Phi) is 3.83. The minimum Gasteiger partial charge on any atom is -0.396 e. The lowest BCUT2D eigenvalue weighted by Gasteiger charge is -2.14. The van der Waals surface area contributed by atoms with E-state index in [1.165, 1.54) is 19.3 Å². The molecule has 0 aromatic carbocycles. The van der Waals surface area contributed by atoms with Crippen molar-refractivity contribution in [2.75, 3.05) is 12.3 Å². The van der Waals surface area contributed by atoms with Crippen molar-refractivity contribution < 1.29 is 4.74 Å². The number of anilines is 1. The zero-order chi connectivity index (χ0) is 11.4. The Morgan fingerprint density at radius 2 is 2.38 bits per heavy atom. The predicted octanol–water partition coefficient (Wildman–Crippen LogP) is 2.06. The van der Waals surface area contributed by atoms with Crippen molar-refractivity contribution in [1.29, 1.82) is 0 Å². The van der Waals surface area contributed by atoms with E-state index in [-0.39, 0.29) is 0 Å². The first kappa shape index (κ1) is 11.5. The van der Waals surface area contributed by atoms with Crippen LogP contribution in [0.4, 0.5) is 5.69 Å². The zero-order valence-corrected chi connectivity index (χ0v) is 9.93. The number of nitrogens with two attached hydrogens (primary N) is 1. The number of aromatic nitrogens is 2. The monoisotopic (exact) mass is 223 g/mol. The second kappa shape index (κ2) is 5.34. The Balaban J connectivity index is 1.86. The highest BCUT2D eigenvalue weighted by molar-refractivity contribution is 5.30. The summed E-state index contributed by atoms with van der Waals surface area (Å²) in [5.41, 5.74) is 6.36. The summed E-state index contributed by atoms with van der Waals surface area (Å²) in [6.45, 7) is 3.98. The summed E-state index contributed by atoms with van der Waals surface area (Å²) in [6.07, 6.45) is 8.74. The number of hydrogen-bond acceptors (Lipinski definition) is 3. The van der Waals surface area contributed by atoms with E-state index in [4.69, 9.17) is 10.5 Å². The van der Waals surface area contributed by atoms with Crippen molar-refractivity contribution in [3.8, 4) is 0 Å². The molecule has 1 aliphatic heterocycles. The molecular weight excluding hydrogens is 202 g/mol. The maximum Gasteiger partial charge on any atom is 0.0771 e. The SMILES string of the molecule is CCC1CCO[C@H](Cn2cc(N)cn2)CC1. The summed E-state index contributed by atoms with van der Waals surface area (Å²) < 4.78 is 7.73. The number of nitrogens with zero attached hydrogens (tertiary/aromatic N) is 2. The number of hydrogen-bond donors (Lipinski definition) is 1. The van der Waals surface area contributed by atoms with Crippen molar-refractivity contribution in [3.05, 3.63) is 12.4 Å². The van der Waals surface area contributed by atoms with Crippen LogP contribution in [0, 0.1) is 5.92 Å². The quantitative estimate of drug-likeness (QED) is 0.853. The van der Waals surface area contributed by atoms with Crippen molar-refractivity contribution in [3.63, 3.8) is 0 Å². The van der Waals surface area contributed by atoms with Crippen LogP contribution in [0.3, 0.4) is 0 Å². The normalized spacial score (nSPS) is 26.6. The van der Waals surface area contributed by atoms with Crippen LogP contribution in [0.15, 0.2) is 12.4 Å². The van der Waals surface area contributed by atoms with Crippen LogP contribution in [0.25, 0.3) is 0 Å². The van der Waals surface area contributed by atoms with E-state index in [1.807, 2.05) is 10.9 Å². The minimum absolute atomic E-state index is 0.302. The first-order valence-electron chi connectivity index (χ1n) is 6.17. The summed E-state index contributed by atoms with van der Waals surface area (Å²) in [6, 6.07) is 0. The van der Waals surface area contributed by atoms with E-state index in [9.17, 15) is 0 Å². The average molecular weight is 223 g/mol. The fourth-order valence-electron chi connectivity index (χ4n) is 2.29. The Labute approximate surface area is 96.8 Å². The van der Waals surface area contributed by atoms with E-state index in [2.05, 4.69) is 12.0 Å². The van der Waals surface area contributed by atoms with E-state index >= 15 is 0 Å². The van der Waals surface area contributed by atoms with Gasteiger partial charge in [0.05, 0.1) is 24.5 Å². The molecule has 1 aliphatic rings. The van der Waals surface area contributed by atoms with E-state index in [0.717, 1.165) is 31.2 Å². The highest BCUT2D eigenvalue weighted by atomic mass is 16.5. The van der Waals surface area contributed by atoms with Crippen LogP contribution in [0.1, 0.15) is 32.6 Å². The molecule has 1 aromatic rings. The second-order valence-corrected chi connectivity index (χ2v) is 4.63. The topological polar surface area (TPSA) is 53.1 Å².